The van der Waals surface area contributed by atoms with Crippen molar-refractivity contribution in [3.63, 3.8) is 0 Å². The second-order valence-electron chi connectivity index (χ2n) is 6.18. The molecule has 1 aromatic heterocycles. The van der Waals surface area contributed by atoms with Gasteiger partial charge in [-0.3, -0.25) is 4.79 Å². The molecule has 0 atom stereocenters. The summed E-state index contributed by atoms with van der Waals surface area (Å²) in [5, 5.41) is 7.04. The Morgan fingerprint density at radius 2 is 1.79 bits per heavy atom. The maximum Gasteiger partial charge on any atom is 0.416 e. The van der Waals surface area contributed by atoms with Crippen LogP contribution in [0, 0.1) is 0 Å². The summed E-state index contributed by atoms with van der Waals surface area (Å²) >= 11 is 6.02. The van der Waals surface area contributed by atoms with E-state index >= 15 is 0 Å². The lowest BCUT2D eigenvalue weighted by molar-refractivity contribution is -0.137. The zero-order chi connectivity index (χ0) is 18.1. The molecule has 8 heteroatoms. The molecule has 0 aliphatic rings. The number of alkyl halides is 3. The van der Waals surface area contributed by atoms with E-state index in [4.69, 9.17) is 11.6 Å². The highest BCUT2D eigenvalue weighted by molar-refractivity contribution is 6.32. The summed E-state index contributed by atoms with van der Waals surface area (Å²) < 4.78 is 38.9. The Bertz CT molecular complexity index is 783. The van der Waals surface area contributed by atoms with Gasteiger partial charge in [0.15, 0.2) is 0 Å². The summed E-state index contributed by atoms with van der Waals surface area (Å²) in [5.74, 6) is 0. The molecule has 0 fully saturated rings. The first kappa shape index (κ1) is 18.3. The monoisotopic (exact) mass is 359 g/mol. The molecule has 0 aliphatic heterocycles. The van der Waals surface area contributed by atoms with Gasteiger partial charge in [-0.2, -0.15) is 18.3 Å². The van der Waals surface area contributed by atoms with Crippen molar-refractivity contribution >= 4 is 17.3 Å². The second-order valence-corrected chi connectivity index (χ2v) is 6.56. The molecule has 1 heterocycles. The number of benzene rings is 1. The Morgan fingerprint density at radius 3 is 2.33 bits per heavy atom. The Kier molecular flexibility index (Phi) is 4.94. The van der Waals surface area contributed by atoms with Crippen LogP contribution in [0.1, 0.15) is 25.0 Å². The fraction of sp³-hybridized carbons (Fsp3) is 0.375. The summed E-state index contributed by atoms with van der Waals surface area (Å²) in [6.07, 6.45) is -2.47. The van der Waals surface area contributed by atoms with E-state index in [0.717, 1.165) is 22.4 Å². The minimum absolute atomic E-state index is 0.0213. The third-order valence-corrected chi connectivity index (χ3v) is 3.84. The van der Waals surface area contributed by atoms with Crippen LogP contribution in [0.5, 0.6) is 0 Å². The maximum atomic E-state index is 12.6. The highest BCUT2D eigenvalue weighted by atomic mass is 35.5. The average molecular weight is 360 g/mol. The van der Waals surface area contributed by atoms with Crippen molar-refractivity contribution in [1.82, 2.24) is 9.78 Å². The zero-order valence-corrected chi connectivity index (χ0v) is 14.2. The number of anilines is 1. The van der Waals surface area contributed by atoms with Crippen molar-refractivity contribution in [3.05, 3.63) is 57.0 Å². The maximum absolute atomic E-state index is 12.6. The van der Waals surface area contributed by atoms with Crippen LogP contribution >= 0.6 is 11.6 Å². The van der Waals surface area contributed by atoms with Crippen LogP contribution in [0.4, 0.5) is 18.9 Å². The number of aryl methyl sites for hydroxylation is 1. The summed E-state index contributed by atoms with van der Waals surface area (Å²) in [5.41, 5.74) is -0.537. The van der Waals surface area contributed by atoms with Crippen LogP contribution in [0.15, 0.2) is 35.3 Å². The Morgan fingerprint density at radius 1 is 1.21 bits per heavy atom. The number of halogens is 4. The smallest absolute Gasteiger partial charge is 0.377 e. The highest BCUT2D eigenvalue weighted by Gasteiger charge is 2.30. The van der Waals surface area contributed by atoms with Gasteiger partial charge in [-0.25, -0.2) is 4.68 Å². The molecule has 0 unspecified atom stereocenters. The first-order valence-corrected chi connectivity index (χ1v) is 7.53. The van der Waals surface area contributed by atoms with E-state index in [0.29, 0.717) is 12.1 Å². The van der Waals surface area contributed by atoms with Gasteiger partial charge in [-0.15, -0.1) is 0 Å². The molecule has 2 aromatic rings. The Balaban J connectivity index is 2.17. The molecule has 0 amide bonds. The summed E-state index contributed by atoms with van der Waals surface area (Å²) in [7, 11) is 1.49. The first-order chi connectivity index (χ1) is 11.0. The number of rotatable bonds is 4. The van der Waals surface area contributed by atoms with Gasteiger partial charge in [0.2, 0.25) is 0 Å². The Hall–Kier alpha value is -2.02. The topological polar surface area (TPSA) is 46.9 Å². The molecule has 0 saturated carbocycles. The van der Waals surface area contributed by atoms with E-state index in [2.05, 4.69) is 10.4 Å². The number of nitrogens with one attached hydrogen (secondary N) is 1. The van der Waals surface area contributed by atoms with E-state index in [1.54, 1.807) is 0 Å². The van der Waals surface area contributed by atoms with Gasteiger partial charge in [0, 0.05) is 12.6 Å². The summed E-state index contributed by atoms with van der Waals surface area (Å²) in [4.78, 5) is 11.8. The third kappa shape index (κ3) is 4.29. The molecule has 0 aliphatic carbocycles. The molecule has 24 heavy (non-hydrogen) atoms. The van der Waals surface area contributed by atoms with Crippen LogP contribution in [-0.4, -0.2) is 15.3 Å². The number of aromatic nitrogens is 2. The zero-order valence-electron chi connectivity index (χ0n) is 13.4. The molecule has 4 nitrogen and oxygen atoms in total. The molecule has 2 rings (SSSR count). The van der Waals surface area contributed by atoms with E-state index in [-0.39, 0.29) is 5.02 Å². The van der Waals surface area contributed by atoms with Crippen molar-refractivity contribution in [2.75, 3.05) is 5.32 Å². The molecule has 0 bridgehead atoms. The average Bonchev–Trinajstić information content (AvgIpc) is 2.47. The van der Waals surface area contributed by atoms with Gasteiger partial charge < -0.3 is 5.32 Å². The molecule has 0 spiro atoms. The lowest BCUT2D eigenvalue weighted by Gasteiger charge is -2.28. The molecule has 130 valence electrons. The molecule has 1 N–H and O–H groups in total. The fourth-order valence-corrected chi connectivity index (χ4v) is 2.55. The van der Waals surface area contributed by atoms with Crippen LogP contribution in [0.25, 0.3) is 0 Å². The quantitative estimate of drug-likeness (QED) is 0.901. The normalized spacial score (nSPS) is 12.3. The van der Waals surface area contributed by atoms with Gasteiger partial charge in [-0.05, 0) is 38.0 Å². The van der Waals surface area contributed by atoms with Gasteiger partial charge in [0.05, 0.1) is 17.4 Å². The predicted octanol–water partition coefficient (Wildman–Crippen LogP) is 3.89. The van der Waals surface area contributed by atoms with E-state index in [1.807, 2.05) is 13.8 Å². The van der Waals surface area contributed by atoms with Crippen molar-refractivity contribution in [2.24, 2.45) is 7.05 Å². The molecular formula is C16H17ClF3N3O. The Labute approximate surface area is 142 Å². The van der Waals surface area contributed by atoms with E-state index in [1.165, 1.54) is 25.4 Å². The molecule has 1 aromatic carbocycles. The number of hydrogen-bond acceptors (Lipinski definition) is 3. The third-order valence-electron chi connectivity index (χ3n) is 3.48. The number of hydrogen-bond donors (Lipinski definition) is 1. The number of nitrogens with zero attached hydrogens (tertiary/aromatic N) is 2. The van der Waals surface area contributed by atoms with Crippen molar-refractivity contribution in [3.8, 4) is 0 Å². The van der Waals surface area contributed by atoms with Crippen LogP contribution in [0.2, 0.25) is 5.02 Å². The van der Waals surface area contributed by atoms with Crippen molar-refractivity contribution in [1.29, 1.82) is 0 Å². The lowest BCUT2D eigenvalue weighted by atomic mass is 9.94. The first-order valence-electron chi connectivity index (χ1n) is 7.16. The van der Waals surface area contributed by atoms with Crippen LogP contribution in [-0.2, 0) is 19.6 Å². The molecule has 0 radical (unpaired) electrons. The van der Waals surface area contributed by atoms with Gasteiger partial charge in [0.25, 0.3) is 5.56 Å². The molecular weight excluding hydrogens is 343 g/mol. The second kappa shape index (κ2) is 6.47. The van der Waals surface area contributed by atoms with Crippen LogP contribution in [0.3, 0.4) is 0 Å². The van der Waals surface area contributed by atoms with Gasteiger partial charge >= 0.3 is 6.18 Å². The van der Waals surface area contributed by atoms with E-state index in [9.17, 15) is 18.0 Å². The summed E-state index contributed by atoms with van der Waals surface area (Å²) in [6.45, 7) is 3.72. The van der Waals surface area contributed by atoms with Crippen molar-refractivity contribution in [2.45, 2.75) is 32.0 Å². The highest BCUT2D eigenvalue weighted by Crippen LogP contribution is 2.30. The fourth-order valence-electron chi connectivity index (χ4n) is 2.33. The lowest BCUT2D eigenvalue weighted by Crippen LogP contribution is -2.35. The predicted molar refractivity (Wildman–Crippen MR) is 87.3 cm³/mol. The standard InChI is InChI=1S/C16H17ClF3N3O/c1-15(2,22-12-9-21-23(3)14(24)13(12)17)8-10-4-6-11(7-5-10)16(18,19)20/h4-7,9,22H,8H2,1-3H3. The largest absolute Gasteiger partial charge is 0.416 e. The van der Waals surface area contributed by atoms with Gasteiger partial charge in [-0.1, -0.05) is 23.7 Å². The minimum atomic E-state index is -4.35. The van der Waals surface area contributed by atoms with Gasteiger partial charge in [0.1, 0.15) is 5.02 Å². The van der Waals surface area contributed by atoms with Crippen LogP contribution < -0.4 is 10.9 Å². The minimum Gasteiger partial charge on any atom is -0.377 e. The molecule has 0 saturated heterocycles. The summed E-state index contributed by atoms with van der Waals surface area (Å²) in [6, 6.07) is 4.99. The van der Waals surface area contributed by atoms with E-state index < -0.39 is 22.8 Å². The van der Waals surface area contributed by atoms with Crippen molar-refractivity contribution < 1.29 is 13.2 Å². The SMILES string of the molecule is Cn1ncc(NC(C)(C)Cc2ccc(C(F)(F)F)cc2)c(Cl)c1=O.